The van der Waals surface area contributed by atoms with Crippen LogP contribution < -0.4 is 11.1 Å². The number of piperazine rings is 1. The van der Waals surface area contributed by atoms with Crippen LogP contribution in [0, 0.1) is 5.92 Å². The monoisotopic (exact) mass is 418 g/mol. The van der Waals surface area contributed by atoms with E-state index in [1.54, 1.807) is 0 Å². The first-order chi connectivity index (χ1) is 11.8. The summed E-state index contributed by atoms with van der Waals surface area (Å²) in [5, 5.41) is 3.12. The third kappa shape index (κ3) is 8.36. The summed E-state index contributed by atoms with van der Waals surface area (Å²) in [5.41, 5.74) is 7.49. The van der Waals surface area contributed by atoms with Crippen molar-refractivity contribution in [3.63, 3.8) is 0 Å². The van der Waals surface area contributed by atoms with E-state index >= 15 is 0 Å². The first-order valence-corrected chi connectivity index (χ1v) is 9.34. The summed E-state index contributed by atoms with van der Waals surface area (Å²) in [6.45, 7) is 12.1. The minimum absolute atomic E-state index is 0. The van der Waals surface area contributed by atoms with Gasteiger partial charge < -0.3 is 16.0 Å². The fourth-order valence-electron chi connectivity index (χ4n) is 3.46. The molecule has 1 aromatic carbocycles. The van der Waals surface area contributed by atoms with Crippen molar-refractivity contribution in [3.8, 4) is 0 Å². The molecule has 0 radical (unpaired) electrons. The Labute approximate surface area is 176 Å². The van der Waals surface area contributed by atoms with Crippen LogP contribution in [-0.2, 0) is 6.54 Å². The number of rotatable bonds is 7. The van der Waals surface area contributed by atoms with E-state index in [-0.39, 0.29) is 36.3 Å². The molecule has 1 aliphatic heterocycles. The first kappa shape index (κ1) is 26.1. The average Bonchev–Trinajstić information content (AvgIpc) is 2.57. The lowest BCUT2D eigenvalue weighted by Gasteiger charge is -2.32. The minimum Gasteiger partial charge on any atom is -0.346 e. The normalized spacial score (nSPS) is 17.6. The first-order valence-electron chi connectivity index (χ1n) is 9.34. The van der Waals surface area contributed by atoms with E-state index in [0.29, 0.717) is 18.0 Å². The van der Waals surface area contributed by atoms with Crippen LogP contribution >= 0.6 is 24.8 Å². The van der Waals surface area contributed by atoms with Gasteiger partial charge in [-0.25, -0.2) is 0 Å². The summed E-state index contributed by atoms with van der Waals surface area (Å²) >= 11 is 0. The molecule has 5 nitrogen and oxygen atoms in total. The highest BCUT2D eigenvalue weighted by molar-refractivity contribution is 5.94. The molecule has 0 bridgehead atoms. The lowest BCUT2D eigenvalue weighted by molar-refractivity contribution is 0.0898. The molecule has 1 atom stereocenters. The van der Waals surface area contributed by atoms with Crippen molar-refractivity contribution < 1.29 is 4.79 Å². The summed E-state index contributed by atoms with van der Waals surface area (Å²) < 4.78 is 0. The van der Waals surface area contributed by atoms with Crippen LogP contribution in [-0.4, -0.2) is 61.0 Å². The second-order valence-corrected chi connectivity index (χ2v) is 8.09. The Morgan fingerprint density at radius 1 is 1.15 bits per heavy atom. The van der Waals surface area contributed by atoms with E-state index in [4.69, 9.17) is 5.73 Å². The molecule has 1 saturated heterocycles. The van der Waals surface area contributed by atoms with Crippen LogP contribution in [0.25, 0.3) is 0 Å². The fraction of sp³-hybridized carbons (Fsp3) is 0.650. The van der Waals surface area contributed by atoms with E-state index in [2.05, 4.69) is 48.1 Å². The molecule has 1 heterocycles. The molecule has 156 valence electrons. The Morgan fingerprint density at radius 3 is 2.19 bits per heavy atom. The highest BCUT2D eigenvalue weighted by Gasteiger charge is 2.26. The number of hydrogen-bond donors (Lipinski definition) is 2. The van der Waals surface area contributed by atoms with Crippen molar-refractivity contribution in [1.82, 2.24) is 15.1 Å². The molecular formula is C20H36Cl2N4O. The fourth-order valence-corrected chi connectivity index (χ4v) is 3.46. The molecule has 1 aromatic rings. The molecule has 0 aromatic heterocycles. The standard InChI is InChI=1S/C20H34N4O.2ClH/c1-16(2)13-20(3,15-21)22-19(25)18-7-5-17(6-8-18)14-24-11-9-23(4)10-12-24;;/h5-8,16H,9-15,21H2,1-4H3,(H,22,25);2*1H. The van der Waals surface area contributed by atoms with E-state index < -0.39 is 0 Å². The minimum atomic E-state index is -0.357. The van der Waals surface area contributed by atoms with Gasteiger partial charge in [-0.1, -0.05) is 26.0 Å². The zero-order chi connectivity index (χ0) is 18.4. The van der Waals surface area contributed by atoms with Gasteiger partial charge in [0.25, 0.3) is 5.91 Å². The SMILES string of the molecule is CC(C)CC(C)(CN)NC(=O)c1ccc(CN2CCN(C)CC2)cc1.Cl.Cl. The highest BCUT2D eigenvalue weighted by Crippen LogP contribution is 2.17. The molecule has 2 rings (SSSR count). The number of amides is 1. The van der Waals surface area contributed by atoms with Gasteiger partial charge in [0.05, 0.1) is 0 Å². The van der Waals surface area contributed by atoms with E-state index in [1.807, 2.05) is 19.1 Å². The van der Waals surface area contributed by atoms with Crippen molar-refractivity contribution in [2.45, 2.75) is 39.3 Å². The van der Waals surface area contributed by atoms with Crippen LogP contribution in [0.3, 0.4) is 0 Å². The maximum absolute atomic E-state index is 12.6. The number of benzene rings is 1. The van der Waals surface area contributed by atoms with Gasteiger partial charge in [-0.3, -0.25) is 9.69 Å². The third-order valence-electron chi connectivity index (χ3n) is 4.94. The van der Waals surface area contributed by atoms with Crippen molar-refractivity contribution in [1.29, 1.82) is 0 Å². The molecule has 0 saturated carbocycles. The van der Waals surface area contributed by atoms with Gasteiger partial charge in [0.2, 0.25) is 0 Å². The van der Waals surface area contributed by atoms with Crippen molar-refractivity contribution in [3.05, 3.63) is 35.4 Å². The number of carbonyl (C=O) groups is 1. The van der Waals surface area contributed by atoms with Crippen LogP contribution in [0.5, 0.6) is 0 Å². The Balaban J connectivity index is 0.00000338. The lowest BCUT2D eigenvalue weighted by Crippen LogP contribution is -2.52. The topological polar surface area (TPSA) is 61.6 Å². The van der Waals surface area contributed by atoms with E-state index in [1.165, 1.54) is 5.56 Å². The number of likely N-dealkylation sites (N-methyl/N-ethyl adjacent to an activating group) is 1. The molecule has 3 N–H and O–H groups in total. The van der Waals surface area contributed by atoms with E-state index in [9.17, 15) is 4.79 Å². The molecule has 1 aliphatic rings. The average molecular weight is 419 g/mol. The smallest absolute Gasteiger partial charge is 0.251 e. The van der Waals surface area contributed by atoms with Gasteiger partial charge in [-0.05, 0) is 44.0 Å². The predicted molar refractivity (Wildman–Crippen MR) is 118 cm³/mol. The Bertz CT molecular complexity index is 560. The summed E-state index contributed by atoms with van der Waals surface area (Å²) in [4.78, 5) is 17.4. The van der Waals surface area contributed by atoms with Gasteiger partial charge in [0.15, 0.2) is 0 Å². The predicted octanol–water partition coefficient (Wildman–Crippen LogP) is 2.77. The maximum Gasteiger partial charge on any atom is 0.251 e. The van der Waals surface area contributed by atoms with Crippen LogP contribution in [0.4, 0.5) is 0 Å². The number of halogens is 2. The van der Waals surface area contributed by atoms with Crippen LogP contribution in [0.1, 0.15) is 43.1 Å². The van der Waals surface area contributed by atoms with Crippen molar-refractivity contribution >= 4 is 30.7 Å². The third-order valence-corrected chi connectivity index (χ3v) is 4.94. The number of nitrogens with zero attached hydrogens (tertiary/aromatic N) is 2. The Kier molecular flexibility index (Phi) is 11.5. The van der Waals surface area contributed by atoms with Gasteiger partial charge in [-0.15, -0.1) is 24.8 Å². The number of carbonyl (C=O) groups excluding carboxylic acids is 1. The van der Waals surface area contributed by atoms with Crippen LogP contribution in [0.15, 0.2) is 24.3 Å². The maximum atomic E-state index is 12.6. The highest BCUT2D eigenvalue weighted by atomic mass is 35.5. The van der Waals surface area contributed by atoms with Crippen molar-refractivity contribution in [2.75, 3.05) is 39.8 Å². The van der Waals surface area contributed by atoms with Crippen molar-refractivity contribution in [2.24, 2.45) is 11.7 Å². The molecule has 1 unspecified atom stereocenters. The van der Waals surface area contributed by atoms with Crippen LogP contribution in [0.2, 0.25) is 0 Å². The summed E-state index contributed by atoms with van der Waals surface area (Å²) in [6.07, 6.45) is 0.872. The molecule has 1 fully saturated rings. The van der Waals surface area contributed by atoms with Gasteiger partial charge >= 0.3 is 0 Å². The Hall–Kier alpha value is -0.850. The number of nitrogens with two attached hydrogens (primary N) is 1. The molecule has 0 spiro atoms. The Morgan fingerprint density at radius 2 is 1.70 bits per heavy atom. The van der Waals surface area contributed by atoms with Gasteiger partial charge in [-0.2, -0.15) is 0 Å². The summed E-state index contributed by atoms with van der Waals surface area (Å²) in [6, 6.07) is 7.98. The molecule has 27 heavy (non-hydrogen) atoms. The number of hydrogen-bond acceptors (Lipinski definition) is 4. The molecule has 7 heteroatoms. The lowest BCUT2D eigenvalue weighted by atomic mass is 9.90. The molecule has 1 amide bonds. The van der Waals surface area contributed by atoms with E-state index in [0.717, 1.165) is 39.1 Å². The number of nitrogens with one attached hydrogen (secondary N) is 1. The molecule has 0 aliphatic carbocycles. The van der Waals surface area contributed by atoms with Gasteiger partial charge in [0, 0.05) is 50.4 Å². The second kappa shape index (κ2) is 11.9. The summed E-state index contributed by atoms with van der Waals surface area (Å²) in [7, 11) is 2.17. The zero-order valence-corrected chi connectivity index (χ0v) is 18.7. The zero-order valence-electron chi connectivity index (χ0n) is 17.0. The second-order valence-electron chi connectivity index (χ2n) is 8.09. The quantitative estimate of drug-likeness (QED) is 0.714. The van der Waals surface area contributed by atoms with Gasteiger partial charge in [0.1, 0.15) is 0 Å². The largest absolute Gasteiger partial charge is 0.346 e. The molecular weight excluding hydrogens is 383 g/mol. The summed E-state index contributed by atoms with van der Waals surface area (Å²) in [5.74, 6) is 0.444.